The van der Waals surface area contributed by atoms with Crippen molar-refractivity contribution in [2.75, 3.05) is 13.1 Å². The Labute approximate surface area is 114 Å². The maximum absolute atomic E-state index is 12.1. The predicted octanol–water partition coefficient (Wildman–Crippen LogP) is 1.55. The monoisotopic (exact) mass is 264 g/mol. The summed E-state index contributed by atoms with van der Waals surface area (Å²) in [5.41, 5.74) is 7.14. The highest BCUT2D eigenvalue weighted by molar-refractivity contribution is 5.76. The smallest absolute Gasteiger partial charge is 0.242 e. The Morgan fingerprint density at radius 3 is 2.74 bits per heavy atom. The van der Waals surface area contributed by atoms with Crippen LogP contribution in [0.1, 0.15) is 44.8 Å². The second-order valence-corrected chi connectivity index (χ2v) is 5.77. The van der Waals surface area contributed by atoms with Gasteiger partial charge in [0.1, 0.15) is 6.54 Å². The van der Waals surface area contributed by atoms with Gasteiger partial charge >= 0.3 is 0 Å². The predicted molar refractivity (Wildman–Crippen MR) is 74.4 cm³/mol. The van der Waals surface area contributed by atoms with Crippen LogP contribution in [0.15, 0.2) is 12.5 Å². The van der Waals surface area contributed by atoms with E-state index in [-0.39, 0.29) is 11.9 Å². The highest BCUT2D eigenvalue weighted by atomic mass is 16.2. The number of carbonyl (C=O) groups is 1. The van der Waals surface area contributed by atoms with E-state index >= 15 is 0 Å². The molecule has 1 amide bonds. The molecule has 1 aliphatic heterocycles. The number of rotatable bonds is 5. The Balaban J connectivity index is 2.00. The molecule has 106 valence electrons. The van der Waals surface area contributed by atoms with Gasteiger partial charge in [0.2, 0.25) is 5.91 Å². The molecule has 1 fully saturated rings. The minimum Gasteiger partial charge on any atom is -0.341 e. The third kappa shape index (κ3) is 3.56. The van der Waals surface area contributed by atoms with Crippen molar-refractivity contribution in [1.29, 1.82) is 0 Å². The Hall–Kier alpha value is -1.36. The van der Waals surface area contributed by atoms with E-state index in [0.717, 1.165) is 38.0 Å². The fraction of sp³-hybridized carbons (Fsp3) is 0.714. The first kappa shape index (κ1) is 14.1. The molecule has 5 heteroatoms. The molecule has 1 aromatic heterocycles. The van der Waals surface area contributed by atoms with Gasteiger partial charge in [-0.1, -0.05) is 13.8 Å². The van der Waals surface area contributed by atoms with Gasteiger partial charge in [0.05, 0.1) is 12.0 Å². The first-order valence-electron chi connectivity index (χ1n) is 7.11. The summed E-state index contributed by atoms with van der Waals surface area (Å²) >= 11 is 0. The number of nitrogens with two attached hydrogens (primary N) is 1. The van der Waals surface area contributed by atoms with Crippen molar-refractivity contribution >= 4 is 5.91 Å². The quantitative estimate of drug-likeness (QED) is 0.877. The van der Waals surface area contributed by atoms with Crippen molar-refractivity contribution in [3.8, 4) is 0 Å². The lowest BCUT2D eigenvalue weighted by molar-refractivity contribution is -0.130. The Morgan fingerprint density at radius 1 is 1.42 bits per heavy atom. The van der Waals surface area contributed by atoms with Gasteiger partial charge in [-0.05, 0) is 25.2 Å². The number of likely N-dealkylation sites (tertiary alicyclic amines) is 1. The van der Waals surface area contributed by atoms with Crippen molar-refractivity contribution in [1.82, 2.24) is 14.5 Å². The van der Waals surface area contributed by atoms with Gasteiger partial charge in [0, 0.05) is 25.3 Å². The van der Waals surface area contributed by atoms with Crippen LogP contribution in [-0.2, 0) is 11.3 Å². The van der Waals surface area contributed by atoms with Gasteiger partial charge < -0.3 is 15.2 Å². The van der Waals surface area contributed by atoms with Crippen LogP contribution >= 0.6 is 0 Å². The molecule has 19 heavy (non-hydrogen) atoms. The molecule has 2 rings (SSSR count). The topological polar surface area (TPSA) is 64.1 Å². The van der Waals surface area contributed by atoms with Crippen LogP contribution in [0.2, 0.25) is 0 Å². The summed E-state index contributed by atoms with van der Waals surface area (Å²) in [5.74, 6) is 0.709. The van der Waals surface area contributed by atoms with Gasteiger partial charge in [0.25, 0.3) is 0 Å². The van der Waals surface area contributed by atoms with Gasteiger partial charge in [-0.3, -0.25) is 4.79 Å². The van der Waals surface area contributed by atoms with Crippen LogP contribution in [-0.4, -0.2) is 33.4 Å². The van der Waals surface area contributed by atoms with Crippen molar-refractivity contribution < 1.29 is 4.79 Å². The zero-order chi connectivity index (χ0) is 13.8. The summed E-state index contributed by atoms with van der Waals surface area (Å²) in [6.07, 6.45) is 6.64. The van der Waals surface area contributed by atoms with Gasteiger partial charge in [0.15, 0.2) is 0 Å². The summed E-state index contributed by atoms with van der Waals surface area (Å²) in [4.78, 5) is 18.2. The maximum atomic E-state index is 12.1. The minimum atomic E-state index is -0.0473. The van der Waals surface area contributed by atoms with Crippen LogP contribution in [0.5, 0.6) is 0 Å². The van der Waals surface area contributed by atoms with Crippen LogP contribution in [0.3, 0.4) is 0 Å². The molecule has 1 aliphatic rings. The third-order valence-electron chi connectivity index (χ3n) is 3.61. The van der Waals surface area contributed by atoms with Crippen molar-refractivity contribution in [3.63, 3.8) is 0 Å². The van der Waals surface area contributed by atoms with Crippen LogP contribution in [0.4, 0.5) is 0 Å². The van der Waals surface area contributed by atoms with Crippen molar-refractivity contribution in [3.05, 3.63) is 18.2 Å². The summed E-state index contributed by atoms with van der Waals surface area (Å²) in [5, 5.41) is 0. The van der Waals surface area contributed by atoms with E-state index < -0.39 is 0 Å². The van der Waals surface area contributed by atoms with E-state index in [0.29, 0.717) is 12.5 Å². The molecule has 0 aromatic carbocycles. The average Bonchev–Trinajstić information content (AvgIpc) is 2.98. The zero-order valence-corrected chi connectivity index (χ0v) is 11.9. The molecule has 1 aromatic rings. The first-order valence-corrected chi connectivity index (χ1v) is 7.11. The Morgan fingerprint density at radius 2 is 2.11 bits per heavy atom. The minimum absolute atomic E-state index is 0.0473. The summed E-state index contributed by atoms with van der Waals surface area (Å²) < 4.78 is 1.90. The maximum Gasteiger partial charge on any atom is 0.242 e. The van der Waals surface area contributed by atoms with E-state index in [1.807, 2.05) is 9.47 Å². The second-order valence-electron chi connectivity index (χ2n) is 5.77. The van der Waals surface area contributed by atoms with Crippen molar-refractivity contribution in [2.24, 2.45) is 11.7 Å². The summed E-state index contributed by atoms with van der Waals surface area (Å²) in [6, 6.07) is -0.0473. The van der Waals surface area contributed by atoms with Gasteiger partial charge in [-0.15, -0.1) is 0 Å². The number of imidazole rings is 1. The van der Waals surface area contributed by atoms with Crippen molar-refractivity contribution in [2.45, 2.75) is 45.7 Å². The molecule has 0 radical (unpaired) electrons. The number of carbonyl (C=O) groups excluding carboxylic acids is 1. The fourth-order valence-electron chi connectivity index (χ4n) is 2.61. The number of nitrogens with zero attached hydrogens (tertiary/aromatic N) is 3. The lowest BCUT2D eigenvalue weighted by Gasteiger charge is -2.19. The lowest BCUT2D eigenvalue weighted by Crippen LogP contribution is -2.32. The molecule has 1 saturated heterocycles. The number of amides is 1. The first-order chi connectivity index (χ1) is 9.08. The third-order valence-corrected chi connectivity index (χ3v) is 3.61. The molecule has 0 aliphatic carbocycles. The molecule has 1 unspecified atom stereocenters. The van der Waals surface area contributed by atoms with Crippen LogP contribution < -0.4 is 5.73 Å². The Bertz CT molecular complexity index is 421. The highest BCUT2D eigenvalue weighted by Gasteiger charge is 2.20. The molecule has 5 nitrogen and oxygen atoms in total. The second kappa shape index (κ2) is 6.19. The molecule has 2 heterocycles. The summed E-state index contributed by atoms with van der Waals surface area (Å²) in [6.45, 7) is 6.44. The van der Waals surface area contributed by atoms with E-state index in [4.69, 9.17) is 5.73 Å². The molecular weight excluding hydrogens is 240 g/mol. The van der Waals surface area contributed by atoms with E-state index in [1.165, 1.54) is 0 Å². The van der Waals surface area contributed by atoms with E-state index in [9.17, 15) is 4.79 Å². The Kier molecular flexibility index (Phi) is 4.58. The molecule has 2 N–H and O–H groups in total. The number of aromatic nitrogens is 2. The molecule has 1 atom stereocenters. The fourth-order valence-corrected chi connectivity index (χ4v) is 2.61. The highest BCUT2D eigenvalue weighted by Crippen LogP contribution is 2.19. The molecule has 0 saturated carbocycles. The molecular formula is C14H24N4O. The van der Waals surface area contributed by atoms with E-state index in [1.54, 1.807) is 12.5 Å². The zero-order valence-electron chi connectivity index (χ0n) is 11.9. The van der Waals surface area contributed by atoms with Crippen LogP contribution in [0.25, 0.3) is 0 Å². The van der Waals surface area contributed by atoms with Crippen LogP contribution in [0, 0.1) is 5.92 Å². The average molecular weight is 264 g/mol. The molecule has 0 spiro atoms. The summed E-state index contributed by atoms with van der Waals surface area (Å²) in [7, 11) is 0. The lowest BCUT2D eigenvalue weighted by atomic mass is 10.0. The molecule has 0 bridgehead atoms. The standard InChI is InChI=1S/C14H24N4O/c1-11(2)7-12(15)13-8-16-10-18(13)9-14(19)17-5-3-4-6-17/h8,10-12H,3-7,9,15H2,1-2H3. The number of hydrogen-bond donors (Lipinski definition) is 1. The number of hydrogen-bond acceptors (Lipinski definition) is 3. The van der Waals surface area contributed by atoms with Gasteiger partial charge in [-0.2, -0.15) is 0 Å². The largest absolute Gasteiger partial charge is 0.341 e. The van der Waals surface area contributed by atoms with E-state index in [2.05, 4.69) is 18.8 Å². The van der Waals surface area contributed by atoms with Gasteiger partial charge in [-0.25, -0.2) is 4.98 Å². The SMILES string of the molecule is CC(C)CC(N)c1cncn1CC(=O)N1CCCC1. The normalized spacial score (nSPS) is 17.2.